The van der Waals surface area contributed by atoms with Crippen molar-refractivity contribution in [3.63, 3.8) is 0 Å². The van der Waals surface area contributed by atoms with Crippen LogP contribution in [0.1, 0.15) is 12.8 Å². The van der Waals surface area contributed by atoms with Gasteiger partial charge < -0.3 is 0 Å². The smallest absolute Gasteiger partial charge is 0.298 e. The molecule has 5 heteroatoms. The van der Waals surface area contributed by atoms with E-state index in [4.69, 9.17) is 0 Å². The van der Waals surface area contributed by atoms with E-state index in [-0.39, 0.29) is 31.7 Å². The Bertz CT molecular complexity index is 202. The standard InChI is InChI=1S/C8H11F3NO/c1-2-7(8(9,10)11)12-4-3-6(13)5-12/h7H,1-5H2. The first-order valence-electron chi connectivity index (χ1n) is 4.07. The number of Topliss-reactive ketones (excluding diaryl/α,β-unsaturated/α-hetero) is 1. The van der Waals surface area contributed by atoms with Gasteiger partial charge in [-0.15, -0.1) is 0 Å². The van der Waals surface area contributed by atoms with E-state index in [1.807, 2.05) is 0 Å². The molecule has 1 heterocycles. The SMILES string of the molecule is [CH2]CC(N1CCC(=O)C1)C(F)(F)F. The number of carbonyl (C=O) groups is 1. The second-order valence-corrected chi connectivity index (χ2v) is 3.11. The van der Waals surface area contributed by atoms with Crippen LogP contribution in [0.3, 0.4) is 0 Å². The average molecular weight is 194 g/mol. The molecule has 13 heavy (non-hydrogen) atoms. The van der Waals surface area contributed by atoms with Gasteiger partial charge in [-0.3, -0.25) is 9.69 Å². The number of carbonyl (C=O) groups excluding carboxylic acids is 1. The molecule has 0 spiro atoms. The summed E-state index contributed by atoms with van der Waals surface area (Å²) < 4.78 is 36.9. The lowest BCUT2D eigenvalue weighted by molar-refractivity contribution is -0.180. The molecule has 1 atom stereocenters. The topological polar surface area (TPSA) is 20.3 Å². The Balaban J connectivity index is 2.62. The van der Waals surface area contributed by atoms with Crippen molar-refractivity contribution in [3.05, 3.63) is 6.92 Å². The van der Waals surface area contributed by atoms with Crippen molar-refractivity contribution in [2.24, 2.45) is 0 Å². The van der Waals surface area contributed by atoms with Crippen molar-refractivity contribution in [2.45, 2.75) is 25.1 Å². The third-order valence-electron chi connectivity index (χ3n) is 2.15. The number of likely N-dealkylation sites (tertiary alicyclic amines) is 1. The summed E-state index contributed by atoms with van der Waals surface area (Å²) >= 11 is 0. The van der Waals surface area contributed by atoms with Crippen molar-refractivity contribution in [3.8, 4) is 0 Å². The van der Waals surface area contributed by atoms with Gasteiger partial charge in [0.1, 0.15) is 11.8 Å². The van der Waals surface area contributed by atoms with Crippen LogP contribution in [-0.4, -0.2) is 36.0 Å². The largest absolute Gasteiger partial charge is 0.404 e. The van der Waals surface area contributed by atoms with Crippen LogP contribution in [0.2, 0.25) is 0 Å². The third-order valence-corrected chi connectivity index (χ3v) is 2.15. The van der Waals surface area contributed by atoms with E-state index in [1.54, 1.807) is 0 Å². The van der Waals surface area contributed by atoms with Crippen LogP contribution in [0.25, 0.3) is 0 Å². The van der Waals surface area contributed by atoms with E-state index in [0.717, 1.165) is 4.90 Å². The molecule has 0 aromatic carbocycles. The van der Waals surface area contributed by atoms with E-state index >= 15 is 0 Å². The number of hydrogen-bond acceptors (Lipinski definition) is 2. The Hall–Kier alpha value is -0.580. The maximum atomic E-state index is 12.3. The van der Waals surface area contributed by atoms with Crippen molar-refractivity contribution >= 4 is 5.78 Å². The molecular formula is C8H11F3NO. The minimum absolute atomic E-state index is 0.0836. The second kappa shape index (κ2) is 3.65. The van der Waals surface area contributed by atoms with Crippen LogP contribution < -0.4 is 0 Å². The van der Waals surface area contributed by atoms with E-state index in [1.165, 1.54) is 0 Å². The molecule has 0 amide bonds. The van der Waals surface area contributed by atoms with Gasteiger partial charge in [0.25, 0.3) is 0 Å². The fourth-order valence-corrected chi connectivity index (χ4v) is 1.47. The second-order valence-electron chi connectivity index (χ2n) is 3.11. The predicted molar refractivity (Wildman–Crippen MR) is 41.0 cm³/mol. The molecule has 1 aliphatic heterocycles. The zero-order valence-electron chi connectivity index (χ0n) is 7.10. The first-order valence-corrected chi connectivity index (χ1v) is 4.07. The van der Waals surface area contributed by atoms with Gasteiger partial charge in [-0.05, 0) is 6.42 Å². The monoisotopic (exact) mass is 194 g/mol. The Labute approximate surface area is 74.7 Å². The van der Waals surface area contributed by atoms with Crippen molar-refractivity contribution in [1.29, 1.82) is 0 Å². The molecule has 1 aliphatic rings. The minimum atomic E-state index is -4.27. The van der Waals surface area contributed by atoms with Crippen molar-refractivity contribution in [2.75, 3.05) is 13.1 Å². The van der Waals surface area contributed by atoms with Crippen LogP contribution in [0, 0.1) is 6.92 Å². The highest BCUT2D eigenvalue weighted by Crippen LogP contribution is 2.28. The summed E-state index contributed by atoms with van der Waals surface area (Å²) in [7, 11) is 0. The summed E-state index contributed by atoms with van der Waals surface area (Å²) in [5, 5.41) is 0. The molecule has 0 aliphatic carbocycles. The van der Waals surface area contributed by atoms with Gasteiger partial charge in [0, 0.05) is 13.0 Å². The van der Waals surface area contributed by atoms with E-state index < -0.39 is 12.2 Å². The summed E-state index contributed by atoms with van der Waals surface area (Å²) in [6, 6.07) is -1.56. The molecule has 0 bridgehead atoms. The van der Waals surface area contributed by atoms with Gasteiger partial charge in [-0.2, -0.15) is 13.2 Å². The Morgan fingerprint density at radius 3 is 2.46 bits per heavy atom. The predicted octanol–water partition coefficient (Wildman–Crippen LogP) is 1.42. The zero-order valence-corrected chi connectivity index (χ0v) is 7.10. The van der Waals surface area contributed by atoms with Gasteiger partial charge in [-0.1, -0.05) is 6.92 Å². The summed E-state index contributed by atoms with van der Waals surface area (Å²) in [5.74, 6) is -0.122. The molecule has 0 saturated carbocycles. The highest BCUT2D eigenvalue weighted by Gasteiger charge is 2.44. The van der Waals surface area contributed by atoms with Crippen molar-refractivity contribution in [1.82, 2.24) is 4.90 Å². The highest BCUT2D eigenvalue weighted by molar-refractivity contribution is 5.82. The fourth-order valence-electron chi connectivity index (χ4n) is 1.47. The lowest BCUT2D eigenvalue weighted by Crippen LogP contribution is -2.44. The van der Waals surface area contributed by atoms with Crippen LogP contribution in [-0.2, 0) is 4.79 Å². The summed E-state index contributed by atoms with van der Waals surface area (Å²) in [4.78, 5) is 11.9. The molecule has 0 aromatic rings. The summed E-state index contributed by atoms with van der Waals surface area (Å²) in [6.45, 7) is 3.37. The number of hydrogen-bond donors (Lipinski definition) is 0. The minimum Gasteiger partial charge on any atom is -0.298 e. The molecule has 1 radical (unpaired) electrons. The zero-order chi connectivity index (χ0) is 10.1. The number of alkyl halides is 3. The lowest BCUT2D eigenvalue weighted by atomic mass is 10.2. The van der Waals surface area contributed by atoms with E-state index in [2.05, 4.69) is 6.92 Å². The van der Waals surface area contributed by atoms with Gasteiger partial charge in [0.15, 0.2) is 0 Å². The van der Waals surface area contributed by atoms with Crippen LogP contribution in [0.15, 0.2) is 0 Å². The summed E-state index contributed by atoms with van der Waals surface area (Å²) in [6.07, 6.45) is -4.28. The number of rotatable bonds is 2. The molecule has 0 aromatic heterocycles. The third kappa shape index (κ3) is 2.43. The van der Waals surface area contributed by atoms with Gasteiger partial charge in [0.2, 0.25) is 0 Å². The number of ketones is 1. The average Bonchev–Trinajstić information content (AvgIpc) is 2.34. The Morgan fingerprint density at radius 1 is 1.54 bits per heavy atom. The van der Waals surface area contributed by atoms with Gasteiger partial charge >= 0.3 is 6.18 Å². The fraction of sp³-hybridized carbons (Fsp3) is 0.750. The van der Waals surface area contributed by atoms with Gasteiger partial charge in [0.05, 0.1) is 6.54 Å². The first-order chi connectivity index (χ1) is 5.95. The Kier molecular flexibility index (Phi) is 2.95. The summed E-state index contributed by atoms with van der Waals surface area (Å²) in [5.41, 5.74) is 0. The molecule has 2 nitrogen and oxygen atoms in total. The molecule has 75 valence electrons. The van der Waals surface area contributed by atoms with E-state index in [0.29, 0.717) is 0 Å². The molecule has 0 N–H and O–H groups in total. The quantitative estimate of drug-likeness (QED) is 0.662. The number of halogens is 3. The first kappa shape index (κ1) is 10.5. The van der Waals surface area contributed by atoms with Crippen LogP contribution in [0.4, 0.5) is 13.2 Å². The normalized spacial score (nSPS) is 22.3. The van der Waals surface area contributed by atoms with Gasteiger partial charge in [-0.25, -0.2) is 0 Å². The molecular weight excluding hydrogens is 183 g/mol. The Morgan fingerprint density at radius 2 is 2.15 bits per heavy atom. The maximum Gasteiger partial charge on any atom is 0.404 e. The van der Waals surface area contributed by atoms with E-state index in [9.17, 15) is 18.0 Å². The van der Waals surface area contributed by atoms with Crippen molar-refractivity contribution < 1.29 is 18.0 Å². The number of nitrogens with zero attached hydrogens (tertiary/aromatic N) is 1. The maximum absolute atomic E-state index is 12.3. The molecule has 1 fully saturated rings. The molecule has 1 unspecified atom stereocenters. The van der Waals surface area contributed by atoms with Crippen LogP contribution in [0.5, 0.6) is 0 Å². The van der Waals surface area contributed by atoms with Crippen LogP contribution >= 0.6 is 0 Å². The molecule has 1 saturated heterocycles. The highest BCUT2D eigenvalue weighted by atomic mass is 19.4. The molecule has 1 rings (SSSR count). The lowest BCUT2D eigenvalue weighted by Gasteiger charge is -2.27.